The number of nitro benzene ring substituents is 1. The Balaban J connectivity index is 2.39. The fraction of sp³-hybridized carbons (Fsp3) is 0.500. The zero-order chi connectivity index (χ0) is 14.8. The summed E-state index contributed by atoms with van der Waals surface area (Å²) in [6.07, 6.45) is 2.47. The summed E-state index contributed by atoms with van der Waals surface area (Å²) in [6, 6.07) is 4.11. The molecule has 1 fully saturated rings. The van der Waals surface area contributed by atoms with E-state index in [-0.39, 0.29) is 16.7 Å². The minimum Gasteiger partial charge on any atom is -0.482 e. The fourth-order valence-corrected chi connectivity index (χ4v) is 3.03. The number of nitrogens with one attached hydrogen (secondary N) is 1. The lowest BCUT2D eigenvalue weighted by Crippen LogP contribution is -2.37. The fourth-order valence-electron chi connectivity index (χ4n) is 2.18. The molecule has 0 aromatic heterocycles. The van der Waals surface area contributed by atoms with Gasteiger partial charge in [-0.25, -0.2) is 8.42 Å². The van der Waals surface area contributed by atoms with Crippen molar-refractivity contribution in [2.75, 3.05) is 19.3 Å². The predicted molar refractivity (Wildman–Crippen MR) is 72.7 cm³/mol. The maximum Gasteiger partial charge on any atom is 0.329 e. The van der Waals surface area contributed by atoms with Gasteiger partial charge in [0.1, 0.15) is 11.0 Å². The molecule has 1 aromatic rings. The largest absolute Gasteiger partial charge is 0.482 e. The molecule has 0 radical (unpaired) electrons. The summed E-state index contributed by atoms with van der Waals surface area (Å²) in [7, 11) is -3.68. The lowest BCUT2D eigenvalue weighted by Gasteiger charge is -2.23. The van der Waals surface area contributed by atoms with Crippen LogP contribution in [0.25, 0.3) is 0 Å². The highest BCUT2D eigenvalue weighted by Gasteiger charge is 2.28. The summed E-state index contributed by atoms with van der Waals surface area (Å²) in [5.74, 6) is 0.00613. The number of sulfone groups is 1. The van der Waals surface area contributed by atoms with Crippen LogP contribution in [0.3, 0.4) is 0 Å². The molecular formula is C12H16N2O5S. The third kappa shape index (κ3) is 3.26. The van der Waals surface area contributed by atoms with Crippen molar-refractivity contribution in [2.45, 2.75) is 23.8 Å². The van der Waals surface area contributed by atoms with Crippen LogP contribution < -0.4 is 10.1 Å². The number of nitro groups is 1. The van der Waals surface area contributed by atoms with Gasteiger partial charge in [0, 0.05) is 12.8 Å². The summed E-state index contributed by atoms with van der Waals surface area (Å²) < 4.78 is 28.9. The van der Waals surface area contributed by atoms with Crippen LogP contribution >= 0.6 is 0 Å². The van der Waals surface area contributed by atoms with Gasteiger partial charge in [0.15, 0.2) is 15.6 Å². The Morgan fingerprint density at radius 2 is 2.20 bits per heavy atom. The molecule has 1 aliphatic heterocycles. The number of ether oxygens (including phenoxy) is 1. The third-order valence-electron chi connectivity index (χ3n) is 3.09. The van der Waals surface area contributed by atoms with E-state index in [9.17, 15) is 18.5 Å². The van der Waals surface area contributed by atoms with E-state index >= 15 is 0 Å². The topological polar surface area (TPSA) is 98.5 Å². The van der Waals surface area contributed by atoms with Gasteiger partial charge in [0.2, 0.25) is 0 Å². The second-order valence-electron chi connectivity index (χ2n) is 4.72. The van der Waals surface area contributed by atoms with Crippen LogP contribution in [0.5, 0.6) is 5.75 Å². The Labute approximate surface area is 117 Å². The lowest BCUT2D eigenvalue weighted by molar-refractivity contribution is -0.389. The van der Waals surface area contributed by atoms with Crippen LogP contribution in [-0.4, -0.2) is 38.8 Å². The quantitative estimate of drug-likeness (QED) is 0.661. The summed E-state index contributed by atoms with van der Waals surface area (Å²) in [5, 5.41) is 14.3. The van der Waals surface area contributed by atoms with Crippen molar-refractivity contribution in [3.8, 4) is 5.75 Å². The molecule has 0 aliphatic carbocycles. The van der Waals surface area contributed by atoms with Gasteiger partial charge in [-0.15, -0.1) is 0 Å². The number of nitrogens with zero attached hydrogens (tertiary/aromatic N) is 1. The van der Waals surface area contributed by atoms with E-state index in [1.807, 2.05) is 0 Å². The van der Waals surface area contributed by atoms with Gasteiger partial charge in [-0.2, -0.15) is 0 Å². The van der Waals surface area contributed by atoms with Crippen molar-refractivity contribution in [2.24, 2.45) is 0 Å². The maximum atomic E-state index is 11.6. The van der Waals surface area contributed by atoms with Gasteiger partial charge in [-0.3, -0.25) is 10.1 Å². The van der Waals surface area contributed by atoms with Crippen molar-refractivity contribution in [1.82, 2.24) is 5.32 Å². The average molecular weight is 300 g/mol. The normalized spacial score (nSPS) is 19.6. The highest BCUT2D eigenvalue weighted by atomic mass is 32.2. The second-order valence-corrected chi connectivity index (χ2v) is 6.70. The molecule has 1 unspecified atom stereocenters. The van der Waals surface area contributed by atoms with Crippen LogP contribution in [0.2, 0.25) is 0 Å². The van der Waals surface area contributed by atoms with Crippen LogP contribution in [0.1, 0.15) is 12.8 Å². The zero-order valence-corrected chi connectivity index (χ0v) is 11.9. The summed E-state index contributed by atoms with van der Waals surface area (Å²) in [5.41, 5.74) is -0.486. The van der Waals surface area contributed by atoms with Crippen molar-refractivity contribution in [3.63, 3.8) is 0 Å². The number of para-hydroxylation sites is 1. The van der Waals surface area contributed by atoms with Crippen molar-refractivity contribution in [3.05, 3.63) is 28.3 Å². The lowest BCUT2D eigenvalue weighted by atomic mass is 10.1. The molecule has 0 bridgehead atoms. The number of piperidine rings is 1. The number of hydrogen-bond donors (Lipinski definition) is 1. The molecule has 20 heavy (non-hydrogen) atoms. The molecule has 0 amide bonds. The molecule has 1 N–H and O–H groups in total. The first kappa shape index (κ1) is 14.7. The van der Waals surface area contributed by atoms with E-state index < -0.39 is 20.4 Å². The van der Waals surface area contributed by atoms with Gasteiger partial charge >= 0.3 is 5.69 Å². The molecule has 1 saturated heterocycles. The maximum absolute atomic E-state index is 11.6. The van der Waals surface area contributed by atoms with Gasteiger partial charge in [-0.05, 0) is 31.5 Å². The Bertz CT molecular complexity index is 608. The molecule has 8 heteroatoms. The van der Waals surface area contributed by atoms with E-state index in [1.165, 1.54) is 18.2 Å². The molecule has 7 nitrogen and oxygen atoms in total. The van der Waals surface area contributed by atoms with E-state index in [0.29, 0.717) is 6.54 Å². The van der Waals surface area contributed by atoms with Crippen LogP contribution in [0.4, 0.5) is 5.69 Å². The molecule has 0 saturated carbocycles. The molecule has 1 heterocycles. The van der Waals surface area contributed by atoms with Crippen LogP contribution in [0, 0.1) is 10.1 Å². The van der Waals surface area contributed by atoms with E-state index in [4.69, 9.17) is 4.74 Å². The van der Waals surface area contributed by atoms with E-state index in [1.54, 1.807) is 0 Å². The monoisotopic (exact) mass is 300 g/mol. The van der Waals surface area contributed by atoms with Crippen molar-refractivity contribution in [1.29, 1.82) is 0 Å². The summed E-state index contributed by atoms with van der Waals surface area (Å²) in [4.78, 5) is 10.2. The van der Waals surface area contributed by atoms with E-state index in [2.05, 4.69) is 5.32 Å². The van der Waals surface area contributed by atoms with Gasteiger partial charge in [0.25, 0.3) is 0 Å². The highest BCUT2D eigenvalue weighted by Crippen LogP contribution is 2.34. The predicted octanol–water partition coefficient (Wildman–Crippen LogP) is 1.13. The molecular weight excluding hydrogens is 284 g/mol. The average Bonchev–Trinajstić information content (AvgIpc) is 2.38. The zero-order valence-electron chi connectivity index (χ0n) is 11.0. The summed E-state index contributed by atoms with van der Waals surface area (Å²) in [6.45, 7) is 1.49. The summed E-state index contributed by atoms with van der Waals surface area (Å²) >= 11 is 0. The van der Waals surface area contributed by atoms with E-state index in [0.717, 1.165) is 25.6 Å². The molecule has 1 atom stereocenters. The Morgan fingerprint density at radius 3 is 2.75 bits per heavy atom. The molecule has 1 aromatic carbocycles. The molecule has 110 valence electrons. The first-order valence-electron chi connectivity index (χ1n) is 6.24. The number of rotatable bonds is 4. The third-order valence-corrected chi connectivity index (χ3v) is 4.22. The minimum atomic E-state index is -3.68. The highest BCUT2D eigenvalue weighted by molar-refractivity contribution is 7.90. The van der Waals surface area contributed by atoms with Crippen molar-refractivity contribution >= 4 is 15.5 Å². The van der Waals surface area contributed by atoms with Crippen LogP contribution in [0.15, 0.2) is 23.1 Å². The number of benzene rings is 1. The van der Waals surface area contributed by atoms with Gasteiger partial charge < -0.3 is 10.1 Å². The Kier molecular flexibility index (Phi) is 4.24. The Hall–Kier alpha value is -1.67. The smallest absolute Gasteiger partial charge is 0.329 e. The number of hydrogen-bond acceptors (Lipinski definition) is 6. The molecule has 0 spiro atoms. The Morgan fingerprint density at radius 1 is 1.45 bits per heavy atom. The standard InChI is InChI=1S/C12H16N2O5S/c1-20(17,18)11-6-2-5-10(12(11)14(15)16)19-9-4-3-7-13-8-9/h2,5-6,9,13H,3-4,7-8H2,1H3. The van der Waals surface area contributed by atoms with Gasteiger partial charge in [-0.1, -0.05) is 6.07 Å². The van der Waals surface area contributed by atoms with Crippen molar-refractivity contribution < 1.29 is 18.1 Å². The second kappa shape index (κ2) is 5.76. The van der Waals surface area contributed by atoms with Crippen LogP contribution in [-0.2, 0) is 9.84 Å². The van der Waals surface area contributed by atoms with Gasteiger partial charge in [0.05, 0.1) is 4.92 Å². The first-order chi connectivity index (χ1) is 9.39. The first-order valence-corrected chi connectivity index (χ1v) is 8.13. The SMILES string of the molecule is CS(=O)(=O)c1cccc(OC2CCCNC2)c1[N+](=O)[O-]. The molecule has 2 rings (SSSR count). The minimum absolute atomic E-state index is 0.00613. The molecule has 1 aliphatic rings.